The third kappa shape index (κ3) is 4.44. The number of piperazine rings is 1. The van der Waals surface area contributed by atoms with Crippen LogP contribution in [0.2, 0.25) is 5.02 Å². The van der Waals surface area contributed by atoms with Crippen LogP contribution in [-0.2, 0) is 9.53 Å². The van der Waals surface area contributed by atoms with Crippen LogP contribution < -0.4 is 5.32 Å². The number of aliphatic imine (C=N–C) groups is 1. The van der Waals surface area contributed by atoms with Crippen LogP contribution in [0.25, 0.3) is 0 Å². The molecule has 1 saturated carbocycles. The van der Waals surface area contributed by atoms with E-state index in [-0.39, 0.29) is 12.0 Å². The molecule has 1 amide bonds. The quantitative estimate of drug-likeness (QED) is 0.618. The predicted octanol–water partition coefficient (Wildman–Crippen LogP) is 2.48. The highest BCUT2D eigenvalue weighted by Crippen LogP contribution is 2.41. The monoisotopic (exact) mass is 404 g/mol. The summed E-state index contributed by atoms with van der Waals surface area (Å²) in [5.41, 5.74) is 1.29. The van der Waals surface area contributed by atoms with Crippen molar-refractivity contribution in [3.05, 3.63) is 34.9 Å². The highest BCUT2D eigenvalue weighted by molar-refractivity contribution is 6.30. The van der Waals surface area contributed by atoms with E-state index in [0.29, 0.717) is 18.6 Å². The topological polar surface area (TPSA) is 57.2 Å². The van der Waals surface area contributed by atoms with E-state index in [9.17, 15) is 4.79 Å². The molecule has 6 nitrogen and oxygen atoms in total. The lowest BCUT2D eigenvalue weighted by Crippen LogP contribution is -2.55. The summed E-state index contributed by atoms with van der Waals surface area (Å²) in [5.74, 6) is 1.60. The number of rotatable bonds is 4. The number of guanidine groups is 1. The van der Waals surface area contributed by atoms with E-state index in [4.69, 9.17) is 21.3 Å². The van der Waals surface area contributed by atoms with Gasteiger partial charge in [-0.25, -0.2) is 0 Å². The minimum atomic E-state index is -0.224. The zero-order chi connectivity index (χ0) is 19.5. The number of hydrogen-bond donors (Lipinski definition) is 1. The number of ether oxygens (including phenoxy) is 1. The molecule has 0 bridgehead atoms. The first-order valence-corrected chi connectivity index (χ1v) is 10.7. The van der Waals surface area contributed by atoms with E-state index < -0.39 is 0 Å². The van der Waals surface area contributed by atoms with E-state index >= 15 is 0 Å². The second kappa shape index (κ2) is 8.70. The number of carbonyl (C=O) groups excluding carboxylic acids is 1. The normalized spacial score (nSPS) is 27.8. The molecule has 7 heteroatoms. The average Bonchev–Trinajstić information content (AvgIpc) is 3.26. The number of halogens is 1. The van der Waals surface area contributed by atoms with Crippen molar-refractivity contribution in [1.82, 2.24) is 15.1 Å². The van der Waals surface area contributed by atoms with Gasteiger partial charge in [-0.3, -0.25) is 9.79 Å². The number of nitrogens with one attached hydrogen (secondary N) is 1. The van der Waals surface area contributed by atoms with Crippen molar-refractivity contribution in [3.63, 3.8) is 0 Å². The summed E-state index contributed by atoms with van der Waals surface area (Å²) >= 11 is 6.13. The van der Waals surface area contributed by atoms with Gasteiger partial charge in [0.15, 0.2) is 5.96 Å². The molecular formula is C21H29ClN4O2. The molecule has 3 unspecified atom stereocenters. The molecule has 0 radical (unpaired) electrons. The predicted molar refractivity (Wildman–Crippen MR) is 111 cm³/mol. The summed E-state index contributed by atoms with van der Waals surface area (Å²) in [4.78, 5) is 21.5. The fourth-order valence-electron chi connectivity index (χ4n) is 4.13. The zero-order valence-electron chi connectivity index (χ0n) is 16.4. The SMILES string of the molecule is CCN=C(NC1CC1c1cccc(Cl)c1)N1CCN(C(=O)C2CCCO2)CC1. The van der Waals surface area contributed by atoms with Gasteiger partial charge in [-0.2, -0.15) is 0 Å². The van der Waals surface area contributed by atoms with E-state index in [2.05, 4.69) is 29.3 Å². The number of hydrogen-bond acceptors (Lipinski definition) is 3. The lowest BCUT2D eigenvalue weighted by atomic mass is 10.1. The van der Waals surface area contributed by atoms with Crippen LogP contribution in [0.1, 0.15) is 37.7 Å². The molecule has 1 N–H and O–H groups in total. The Kier molecular flexibility index (Phi) is 6.07. The molecule has 4 rings (SSSR count). The molecule has 1 aliphatic carbocycles. The van der Waals surface area contributed by atoms with Crippen molar-refractivity contribution in [1.29, 1.82) is 0 Å². The van der Waals surface area contributed by atoms with E-state index in [0.717, 1.165) is 63.0 Å². The lowest BCUT2D eigenvalue weighted by Gasteiger charge is -2.37. The van der Waals surface area contributed by atoms with Gasteiger partial charge in [0.05, 0.1) is 0 Å². The standard InChI is InChI=1S/C21H29ClN4O2/c1-2-23-21(24-18-14-17(18)15-5-3-6-16(22)13-15)26-10-8-25(9-11-26)20(27)19-7-4-12-28-19/h3,5-6,13,17-19H,2,4,7-12,14H2,1H3,(H,23,24). The van der Waals surface area contributed by atoms with Gasteiger partial charge in [-0.05, 0) is 43.9 Å². The number of benzene rings is 1. The van der Waals surface area contributed by atoms with Gasteiger partial charge in [-0.1, -0.05) is 23.7 Å². The first-order chi connectivity index (χ1) is 13.7. The van der Waals surface area contributed by atoms with Crippen LogP contribution in [0.3, 0.4) is 0 Å². The zero-order valence-corrected chi connectivity index (χ0v) is 17.2. The molecule has 2 aliphatic heterocycles. The molecular weight excluding hydrogens is 376 g/mol. The fraction of sp³-hybridized carbons (Fsp3) is 0.619. The minimum Gasteiger partial charge on any atom is -0.368 e. The number of amides is 1. The van der Waals surface area contributed by atoms with Crippen molar-refractivity contribution in [2.75, 3.05) is 39.3 Å². The molecule has 28 heavy (non-hydrogen) atoms. The Morgan fingerprint density at radius 2 is 2.07 bits per heavy atom. The first-order valence-electron chi connectivity index (χ1n) is 10.4. The van der Waals surface area contributed by atoms with Crippen molar-refractivity contribution in [2.24, 2.45) is 4.99 Å². The van der Waals surface area contributed by atoms with Gasteiger partial charge in [0, 0.05) is 56.3 Å². The highest BCUT2D eigenvalue weighted by Gasteiger charge is 2.40. The summed E-state index contributed by atoms with van der Waals surface area (Å²) in [6.45, 7) is 6.57. The molecule has 3 aliphatic rings. The van der Waals surface area contributed by atoms with Crippen molar-refractivity contribution in [2.45, 2.75) is 44.2 Å². The Morgan fingerprint density at radius 3 is 2.75 bits per heavy atom. The van der Waals surface area contributed by atoms with E-state index in [1.807, 2.05) is 17.0 Å². The summed E-state index contributed by atoms with van der Waals surface area (Å²) in [6, 6.07) is 8.52. The number of nitrogens with zero attached hydrogens (tertiary/aromatic N) is 3. The van der Waals surface area contributed by atoms with Gasteiger partial charge >= 0.3 is 0 Å². The fourth-order valence-corrected chi connectivity index (χ4v) is 4.33. The van der Waals surface area contributed by atoms with Gasteiger partial charge in [0.2, 0.25) is 0 Å². The van der Waals surface area contributed by atoms with Crippen molar-refractivity contribution < 1.29 is 9.53 Å². The summed E-state index contributed by atoms with van der Waals surface area (Å²) in [6.07, 6.45) is 2.72. The van der Waals surface area contributed by atoms with E-state index in [1.54, 1.807) is 0 Å². The molecule has 3 fully saturated rings. The van der Waals surface area contributed by atoms with Gasteiger partial charge in [-0.15, -0.1) is 0 Å². The summed E-state index contributed by atoms with van der Waals surface area (Å²) in [5, 5.41) is 4.42. The van der Waals surface area contributed by atoms with Crippen LogP contribution in [0.5, 0.6) is 0 Å². The third-order valence-corrected chi connectivity index (χ3v) is 6.02. The lowest BCUT2D eigenvalue weighted by molar-refractivity contribution is -0.142. The molecule has 3 atom stereocenters. The van der Waals surface area contributed by atoms with Crippen LogP contribution in [0, 0.1) is 0 Å². The second-order valence-electron chi connectivity index (χ2n) is 7.76. The molecule has 152 valence electrons. The third-order valence-electron chi connectivity index (χ3n) is 5.79. The molecule has 1 aromatic rings. The smallest absolute Gasteiger partial charge is 0.251 e. The van der Waals surface area contributed by atoms with Gasteiger partial charge in [0.25, 0.3) is 5.91 Å². The Morgan fingerprint density at radius 1 is 1.29 bits per heavy atom. The maximum atomic E-state index is 12.5. The summed E-state index contributed by atoms with van der Waals surface area (Å²) < 4.78 is 5.55. The van der Waals surface area contributed by atoms with Crippen LogP contribution in [0.15, 0.2) is 29.3 Å². The molecule has 2 heterocycles. The Balaban J connectivity index is 1.31. The average molecular weight is 405 g/mol. The maximum absolute atomic E-state index is 12.5. The first kappa shape index (κ1) is 19.5. The molecule has 2 saturated heterocycles. The number of carbonyl (C=O) groups is 1. The molecule has 0 aromatic heterocycles. The van der Waals surface area contributed by atoms with Crippen LogP contribution in [-0.4, -0.2) is 73.1 Å². The second-order valence-corrected chi connectivity index (χ2v) is 8.20. The van der Waals surface area contributed by atoms with E-state index in [1.165, 1.54) is 5.56 Å². The minimum absolute atomic E-state index is 0.155. The largest absolute Gasteiger partial charge is 0.368 e. The Bertz CT molecular complexity index is 727. The Hall–Kier alpha value is -1.79. The van der Waals surface area contributed by atoms with Gasteiger partial charge < -0.3 is 19.9 Å². The summed E-state index contributed by atoms with van der Waals surface area (Å²) in [7, 11) is 0. The molecule has 1 aromatic carbocycles. The molecule has 0 spiro atoms. The van der Waals surface area contributed by atoms with Gasteiger partial charge in [0.1, 0.15) is 6.10 Å². The highest BCUT2D eigenvalue weighted by atomic mass is 35.5. The van der Waals surface area contributed by atoms with Crippen molar-refractivity contribution in [3.8, 4) is 0 Å². The van der Waals surface area contributed by atoms with Crippen LogP contribution in [0.4, 0.5) is 0 Å². The Labute approximate surface area is 171 Å². The van der Waals surface area contributed by atoms with Crippen molar-refractivity contribution >= 4 is 23.5 Å². The maximum Gasteiger partial charge on any atom is 0.251 e. The van der Waals surface area contributed by atoms with Crippen LogP contribution >= 0.6 is 11.6 Å².